The normalized spacial score (nSPS) is 17.5. The molecule has 4 rings (SSSR count). The lowest BCUT2D eigenvalue weighted by Crippen LogP contribution is -2.15. The SMILES string of the molecule is CCCC1OCCc2c1[nH]c1c(-c3ccc(C(F)(F)F)cc3)cccc21. The third-order valence-electron chi connectivity index (χ3n) is 5.04. The average molecular weight is 359 g/mol. The molecule has 26 heavy (non-hydrogen) atoms. The Kier molecular flexibility index (Phi) is 4.27. The molecule has 0 saturated heterocycles. The molecule has 0 radical (unpaired) electrons. The van der Waals surface area contributed by atoms with E-state index in [1.807, 2.05) is 12.1 Å². The van der Waals surface area contributed by atoms with Crippen molar-refractivity contribution in [2.75, 3.05) is 6.61 Å². The smallest absolute Gasteiger partial charge is 0.372 e. The number of ether oxygens (including phenoxy) is 1. The highest BCUT2D eigenvalue weighted by Gasteiger charge is 2.30. The molecule has 0 aliphatic carbocycles. The molecule has 1 atom stereocenters. The van der Waals surface area contributed by atoms with Gasteiger partial charge in [0.1, 0.15) is 0 Å². The number of para-hydroxylation sites is 1. The Morgan fingerprint density at radius 1 is 1.12 bits per heavy atom. The molecule has 3 aromatic rings. The van der Waals surface area contributed by atoms with Crippen molar-refractivity contribution in [2.45, 2.75) is 38.5 Å². The summed E-state index contributed by atoms with van der Waals surface area (Å²) in [5, 5.41) is 1.14. The van der Waals surface area contributed by atoms with Crippen LogP contribution in [-0.4, -0.2) is 11.6 Å². The van der Waals surface area contributed by atoms with Crippen LogP contribution in [0.15, 0.2) is 42.5 Å². The van der Waals surface area contributed by atoms with E-state index in [1.165, 1.54) is 17.7 Å². The third kappa shape index (κ3) is 2.90. The van der Waals surface area contributed by atoms with Crippen LogP contribution in [0.25, 0.3) is 22.0 Å². The summed E-state index contributed by atoms with van der Waals surface area (Å²) in [7, 11) is 0. The number of hydrogen-bond donors (Lipinski definition) is 1. The Morgan fingerprint density at radius 3 is 2.58 bits per heavy atom. The first-order chi connectivity index (χ1) is 12.5. The Labute approximate surface area is 150 Å². The molecule has 0 fully saturated rings. The largest absolute Gasteiger partial charge is 0.416 e. The highest BCUT2D eigenvalue weighted by molar-refractivity contribution is 5.97. The molecular formula is C21H20F3NO. The van der Waals surface area contributed by atoms with Gasteiger partial charge >= 0.3 is 6.18 Å². The molecule has 136 valence electrons. The molecule has 1 unspecified atom stereocenters. The molecule has 1 N–H and O–H groups in total. The van der Waals surface area contributed by atoms with Crippen LogP contribution in [0, 0.1) is 0 Å². The number of H-pyrrole nitrogens is 1. The quantitative estimate of drug-likeness (QED) is 0.586. The second-order valence-corrected chi connectivity index (χ2v) is 6.72. The van der Waals surface area contributed by atoms with Crippen LogP contribution in [-0.2, 0) is 17.3 Å². The first-order valence-electron chi connectivity index (χ1n) is 8.91. The maximum Gasteiger partial charge on any atom is 0.416 e. The summed E-state index contributed by atoms with van der Waals surface area (Å²) in [6.45, 7) is 2.84. The molecule has 1 aliphatic rings. The van der Waals surface area contributed by atoms with Crippen molar-refractivity contribution in [3.05, 3.63) is 59.3 Å². The van der Waals surface area contributed by atoms with Crippen molar-refractivity contribution >= 4 is 10.9 Å². The van der Waals surface area contributed by atoms with Crippen LogP contribution in [0.1, 0.15) is 42.7 Å². The molecule has 0 spiro atoms. The van der Waals surface area contributed by atoms with Crippen molar-refractivity contribution in [3.8, 4) is 11.1 Å². The van der Waals surface area contributed by atoms with Crippen LogP contribution in [0.5, 0.6) is 0 Å². The number of halogens is 3. The molecule has 0 bridgehead atoms. The van der Waals surface area contributed by atoms with E-state index in [0.29, 0.717) is 6.61 Å². The van der Waals surface area contributed by atoms with Crippen molar-refractivity contribution < 1.29 is 17.9 Å². The standard InChI is InChI=1S/C21H20F3NO/c1-2-4-18-20-17(11-12-26-18)16-6-3-5-15(19(16)25-20)13-7-9-14(10-8-13)21(22,23)24/h3,5-10,18,25H,2,4,11-12H2,1H3. The number of aromatic nitrogens is 1. The Balaban J connectivity index is 1.82. The predicted octanol–water partition coefficient (Wildman–Crippen LogP) is 6.27. The van der Waals surface area contributed by atoms with E-state index in [-0.39, 0.29) is 6.10 Å². The van der Waals surface area contributed by atoms with Gasteiger partial charge in [-0.25, -0.2) is 0 Å². The van der Waals surface area contributed by atoms with Gasteiger partial charge in [0.05, 0.1) is 23.8 Å². The van der Waals surface area contributed by atoms with Gasteiger partial charge in [-0.3, -0.25) is 0 Å². The van der Waals surface area contributed by atoms with Gasteiger partial charge in [-0.05, 0) is 36.1 Å². The first-order valence-corrected chi connectivity index (χ1v) is 8.91. The Bertz CT molecular complexity index is 925. The molecular weight excluding hydrogens is 339 g/mol. The fourth-order valence-corrected chi connectivity index (χ4v) is 3.79. The van der Waals surface area contributed by atoms with Gasteiger partial charge < -0.3 is 9.72 Å². The van der Waals surface area contributed by atoms with E-state index in [0.717, 1.165) is 59.1 Å². The minimum Gasteiger partial charge on any atom is -0.372 e. The number of alkyl halides is 3. The van der Waals surface area contributed by atoms with Gasteiger partial charge in [0.15, 0.2) is 0 Å². The summed E-state index contributed by atoms with van der Waals surface area (Å²) < 4.78 is 44.4. The van der Waals surface area contributed by atoms with Crippen LogP contribution < -0.4 is 0 Å². The van der Waals surface area contributed by atoms with Crippen molar-refractivity contribution in [3.63, 3.8) is 0 Å². The predicted molar refractivity (Wildman–Crippen MR) is 96.0 cm³/mol. The molecule has 1 aliphatic heterocycles. The summed E-state index contributed by atoms with van der Waals surface area (Å²) in [5.41, 5.74) is 4.43. The number of nitrogens with one attached hydrogen (secondary N) is 1. The zero-order valence-electron chi connectivity index (χ0n) is 14.5. The van der Waals surface area contributed by atoms with E-state index in [4.69, 9.17) is 4.74 Å². The number of fused-ring (bicyclic) bond motifs is 3. The van der Waals surface area contributed by atoms with E-state index in [1.54, 1.807) is 0 Å². The lowest BCUT2D eigenvalue weighted by Gasteiger charge is -2.22. The summed E-state index contributed by atoms with van der Waals surface area (Å²) in [6.07, 6.45) is -1.41. The number of hydrogen-bond acceptors (Lipinski definition) is 1. The molecule has 1 aromatic heterocycles. The van der Waals surface area contributed by atoms with Crippen LogP contribution in [0.3, 0.4) is 0 Å². The summed E-state index contributed by atoms with van der Waals surface area (Å²) in [6, 6.07) is 11.3. The summed E-state index contributed by atoms with van der Waals surface area (Å²) >= 11 is 0. The fraction of sp³-hybridized carbons (Fsp3) is 0.333. The van der Waals surface area contributed by atoms with Crippen LogP contribution in [0.4, 0.5) is 13.2 Å². The van der Waals surface area contributed by atoms with Crippen molar-refractivity contribution in [1.82, 2.24) is 4.98 Å². The lowest BCUT2D eigenvalue weighted by atomic mass is 9.97. The summed E-state index contributed by atoms with van der Waals surface area (Å²) in [5.74, 6) is 0. The van der Waals surface area contributed by atoms with E-state index in [2.05, 4.69) is 18.0 Å². The van der Waals surface area contributed by atoms with Gasteiger partial charge in [0, 0.05) is 16.6 Å². The van der Waals surface area contributed by atoms with Crippen LogP contribution in [0.2, 0.25) is 0 Å². The zero-order valence-corrected chi connectivity index (χ0v) is 14.5. The van der Waals surface area contributed by atoms with E-state index >= 15 is 0 Å². The summed E-state index contributed by atoms with van der Waals surface area (Å²) in [4.78, 5) is 3.52. The van der Waals surface area contributed by atoms with Crippen LogP contribution >= 0.6 is 0 Å². The number of rotatable bonds is 3. The highest BCUT2D eigenvalue weighted by atomic mass is 19.4. The Hall–Kier alpha value is -2.27. The van der Waals surface area contributed by atoms with Gasteiger partial charge in [0.2, 0.25) is 0 Å². The average Bonchev–Trinajstić information content (AvgIpc) is 3.01. The molecule has 0 amide bonds. The van der Waals surface area contributed by atoms with Gasteiger partial charge in [-0.15, -0.1) is 0 Å². The first kappa shape index (κ1) is 17.2. The second-order valence-electron chi connectivity index (χ2n) is 6.72. The number of aromatic amines is 1. The Morgan fingerprint density at radius 2 is 1.88 bits per heavy atom. The van der Waals surface area contributed by atoms with E-state index < -0.39 is 11.7 Å². The topological polar surface area (TPSA) is 25.0 Å². The molecule has 2 nitrogen and oxygen atoms in total. The minimum atomic E-state index is -4.32. The van der Waals surface area contributed by atoms with E-state index in [9.17, 15) is 13.2 Å². The maximum atomic E-state index is 12.8. The number of benzene rings is 2. The van der Waals surface area contributed by atoms with Gasteiger partial charge in [0.25, 0.3) is 0 Å². The van der Waals surface area contributed by atoms with Gasteiger partial charge in [-0.1, -0.05) is 43.7 Å². The fourth-order valence-electron chi connectivity index (χ4n) is 3.79. The highest BCUT2D eigenvalue weighted by Crippen LogP contribution is 2.39. The lowest BCUT2D eigenvalue weighted by molar-refractivity contribution is -0.137. The van der Waals surface area contributed by atoms with Gasteiger partial charge in [-0.2, -0.15) is 13.2 Å². The third-order valence-corrected chi connectivity index (χ3v) is 5.04. The molecule has 2 heterocycles. The molecule has 2 aromatic carbocycles. The monoisotopic (exact) mass is 359 g/mol. The van der Waals surface area contributed by atoms with Crippen molar-refractivity contribution in [2.24, 2.45) is 0 Å². The van der Waals surface area contributed by atoms with Crippen molar-refractivity contribution in [1.29, 1.82) is 0 Å². The molecule has 0 saturated carbocycles. The molecule has 5 heteroatoms. The zero-order chi connectivity index (χ0) is 18.3. The maximum absolute atomic E-state index is 12.8. The second kappa shape index (κ2) is 6.47. The minimum absolute atomic E-state index is 0.0663.